The largest absolute Gasteiger partial charge is 0.456 e. The van der Waals surface area contributed by atoms with Crippen LogP contribution in [0.5, 0.6) is 0 Å². The quantitative estimate of drug-likeness (QED) is 0.161. The minimum atomic E-state index is 0.887. The zero-order valence-corrected chi connectivity index (χ0v) is 33.2. The number of furan rings is 1. The zero-order chi connectivity index (χ0) is 40.3. The molecule has 0 N–H and O–H groups in total. The molecule has 0 spiro atoms. The van der Waals surface area contributed by atoms with Crippen molar-refractivity contribution < 1.29 is 4.42 Å². The van der Waals surface area contributed by atoms with E-state index in [9.17, 15) is 0 Å². The van der Waals surface area contributed by atoms with Gasteiger partial charge in [0.25, 0.3) is 0 Å². The summed E-state index contributed by atoms with van der Waals surface area (Å²) in [5, 5.41) is 7.17. The average Bonchev–Trinajstić information content (AvgIpc) is 3.87. The monoisotopic (exact) mass is 778 g/mol. The molecule has 0 bridgehead atoms. The topological polar surface area (TPSA) is 21.3 Å². The maximum Gasteiger partial charge on any atom is 0.135 e. The van der Waals surface area contributed by atoms with E-state index in [4.69, 9.17) is 4.42 Å². The smallest absolute Gasteiger partial charge is 0.135 e. The molecule has 0 aliphatic carbocycles. The highest BCUT2D eigenvalue weighted by atomic mass is 16.3. The van der Waals surface area contributed by atoms with Crippen molar-refractivity contribution in [3.05, 3.63) is 231 Å². The first-order chi connectivity index (χ1) is 30.2. The summed E-state index contributed by atoms with van der Waals surface area (Å²) in [5.41, 5.74) is 15.8. The molecular formula is C58H38N2O. The number of hydrogen-bond acceptors (Lipinski definition) is 2. The third kappa shape index (κ3) is 5.98. The Bertz CT molecular complexity index is 3560. The number of fused-ring (bicyclic) bond motifs is 7. The predicted molar refractivity (Wildman–Crippen MR) is 257 cm³/mol. The summed E-state index contributed by atoms with van der Waals surface area (Å²) in [6.45, 7) is 0. The molecule has 0 saturated heterocycles. The highest BCUT2D eigenvalue weighted by Gasteiger charge is 2.17. The number of para-hydroxylation sites is 3. The van der Waals surface area contributed by atoms with Gasteiger partial charge in [-0.1, -0.05) is 146 Å². The summed E-state index contributed by atoms with van der Waals surface area (Å²) in [7, 11) is 0. The van der Waals surface area contributed by atoms with Crippen molar-refractivity contribution in [1.29, 1.82) is 0 Å². The second kappa shape index (κ2) is 14.3. The lowest BCUT2D eigenvalue weighted by Gasteiger charge is -2.27. The van der Waals surface area contributed by atoms with Crippen molar-refractivity contribution in [1.82, 2.24) is 4.57 Å². The lowest BCUT2D eigenvalue weighted by molar-refractivity contribution is 0.669. The minimum Gasteiger partial charge on any atom is -0.456 e. The molecule has 0 amide bonds. The zero-order valence-electron chi connectivity index (χ0n) is 33.2. The van der Waals surface area contributed by atoms with Gasteiger partial charge < -0.3 is 13.9 Å². The molecule has 0 aliphatic rings. The first-order valence-electron chi connectivity index (χ1n) is 20.8. The Morgan fingerprint density at radius 3 is 1.46 bits per heavy atom. The molecule has 10 aromatic carbocycles. The van der Waals surface area contributed by atoms with Gasteiger partial charge in [0.2, 0.25) is 0 Å². The van der Waals surface area contributed by atoms with E-state index >= 15 is 0 Å². The number of rotatable bonds is 7. The number of benzene rings is 10. The second-order valence-corrected chi connectivity index (χ2v) is 15.7. The summed E-state index contributed by atoms with van der Waals surface area (Å²) in [4.78, 5) is 2.34. The molecule has 2 heterocycles. The molecule has 0 fully saturated rings. The molecule has 3 heteroatoms. The van der Waals surface area contributed by atoms with Crippen LogP contribution in [0.25, 0.3) is 93.6 Å². The Balaban J connectivity index is 0.865. The summed E-state index contributed by atoms with van der Waals surface area (Å²) in [6, 6.07) is 82.8. The fraction of sp³-hybridized carbons (Fsp3) is 0. The van der Waals surface area contributed by atoms with Gasteiger partial charge in [0, 0.05) is 44.0 Å². The van der Waals surface area contributed by atoms with E-state index in [1.807, 2.05) is 0 Å². The molecule has 2 aromatic heterocycles. The third-order valence-corrected chi connectivity index (χ3v) is 12.2. The van der Waals surface area contributed by atoms with Gasteiger partial charge in [0.1, 0.15) is 11.2 Å². The lowest BCUT2D eigenvalue weighted by atomic mass is 9.97. The molecule has 0 radical (unpaired) electrons. The first kappa shape index (κ1) is 34.9. The first-order valence-corrected chi connectivity index (χ1v) is 20.8. The second-order valence-electron chi connectivity index (χ2n) is 15.7. The summed E-state index contributed by atoms with van der Waals surface area (Å²) < 4.78 is 8.74. The van der Waals surface area contributed by atoms with Crippen molar-refractivity contribution in [2.75, 3.05) is 4.90 Å². The van der Waals surface area contributed by atoms with Crippen LogP contribution in [0, 0.1) is 0 Å². The molecule has 286 valence electrons. The van der Waals surface area contributed by atoms with E-state index in [1.165, 1.54) is 55.0 Å². The van der Waals surface area contributed by atoms with Crippen LogP contribution in [0.1, 0.15) is 0 Å². The van der Waals surface area contributed by atoms with E-state index in [0.717, 1.165) is 55.7 Å². The Morgan fingerprint density at radius 2 is 0.787 bits per heavy atom. The van der Waals surface area contributed by atoms with Gasteiger partial charge in [-0.15, -0.1) is 0 Å². The molecule has 61 heavy (non-hydrogen) atoms. The van der Waals surface area contributed by atoms with Crippen LogP contribution in [0.2, 0.25) is 0 Å². The van der Waals surface area contributed by atoms with E-state index in [-0.39, 0.29) is 0 Å². The Hall–Kier alpha value is -8.14. The molecule has 0 unspecified atom stereocenters. The molecule has 0 aliphatic heterocycles. The molecule has 3 nitrogen and oxygen atoms in total. The fourth-order valence-corrected chi connectivity index (χ4v) is 9.21. The van der Waals surface area contributed by atoms with Gasteiger partial charge >= 0.3 is 0 Å². The average molecular weight is 779 g/mol. The van der Waals surface area contributed by atoms with Crippen LogP contribution < -0.4 is 4.90 Å². The van der Waals surface area contributed by atoms with Gasteiger partial charge in [-0.3, -0.25) is 0 Å². The summed E-state index contributed by atoms with van der Waals surface area (Å²) in [6.07, 6.45) is 0. The molecule has 0 saturated carbocycles. The van der Waals surface area contributed by atoms with Gasteiger partial charge in [0.05, 0.1) is 16.7 Å². The minimum absolute atomic E-state index is 0.887. The van der Waals surface area contributed by atoms with Crippen LogP contribution in [0.4, 0.5) is 17.1 Å². The highest BCUT2D eigenvalue weighted by molar-refractivity contribution is 6.11. The van der Waals surface area contributed by atoms with Crippen LogP contribution in [-0.2, 0) is 0 Å². The van der Waals surface area contributed by atoms with Crippen molar-refractivity contribution in [2.45, 2.75) is 0 Å². The molecule has 0 atom stereocenters. The van der Waals surface area contributed by atoms with Crippen molar-refractivity contribution in [3.63, 3.8) is 0 Å². The number of anilines is 3. The highest BCUT2D eigenvalue weighted by Crippen LogP contribution is 2.41. The normalized spacial score (nSPS) is 11.6. The Labute approximate surface area is 353 Å². The van der Waals surface area contributed by atoms with E-state index < -0.39 is 0 Å². The predicted octanol–water partition coefficient (Wildman–Crippen LogP) is 16.3. The molecule has 12 aromatic rings. The van der Waals surface area contributed by atoms with Crippen LogP contribution in [-0.4, -0.2) is 4.57 Å². The number of nitrogens with zero attached hydrogens (tertiary/aromatic N) is 2. The Kier molecular flexibility index (Phi) is 8.17. The summed E-state index contributed by atoms with van der Waals surface area (Å²) in [5.74, 6) is 0. The molecular weight excluding hydrogens is 741 g/mol. The lowest BCUT2D eigenvalue weighted by Crippen LogP contribution is -2.10. The van der Waals surface area contributed by atoms with Crippen LogP contribution in [0.3, 0.4) is 0 Å². The fourth-order valence-electron chi connectivity index (χ4n) is 9.21. The van der Waals surface area contributed by atoms with Gasteiger partial charge in [-0.2, -0.15) is 0 Å². The number of hydrogen-bond donors (Lipinski definition) is 0. The van der Waals surface area contributed by atoms with E-state index in [1.54, 1.807) is 0 Å². The standard InChI is InChI=1S/C58H38N2O/c1-3-14-46(15-4-1)59(54-21-11-13-42-12-7-8-18-49(42)54)48-31-26-41(27-32-48)45-30-35-58-53(38-45)52-37-44(29-34-57(52)61-58)40-24-22-39(23-25-40)43-28-33-56-51(36-43)50-19-9-10-20-55(50)60(56)47-16-5-2-6-17-47/h1-38H. The van der Waals surface area contributed by atoms with Crippen LogP contribution in [0.15, 0.2) is 235 Å². The Morgan fingerprint density at radius 1 is 0.311 bits per heavy atom. The van der Waals surface area contributed by atoms with E-state index in [2.05, 4.69) is 240 Å². The summed E-state index contributed by atoms with van der Waals surface area (Å²) >= 11 is 0. The third-order valence-electron chi connectivity index (χ3n) is 12.2. The molecule has 12 rings (SSSR count). The van der Waals surface area contributed by atoms with E-state index in [0.29, 0.717) is 0 Å². The van der Waals surface area contributed by atoms with Gasteiger partial charge in [-0.05, 0) is 124 Å². The van der Waals surface area contributed by atoms with Gasteiger partial charge in [-0.25, -0.2) is 0 Å². The maximum absolute atomic E-state index is 6.38. The maximum atomic E-state index is 6.38. The van der Waals surface area contributed by atoms with Crippen LogP contribution >= 0.6 is 0 Å². The SMILES string of the molecule is c1ccc(N(c2ccc(-c3ccc4oc5ccc(-c6ccc(-c7ccc8c(c7)c7ccccc7n8-c7ccccc7)cc6)cc5c4c3)cc2)c2cccc3ccccc23)cc1. The van der Waals surface area contributed by atoms with Crippen molar-refractivity contribution in [3.8, 4) is 39.1 Å². The van der Waals surface area contributed by atoms with Crippen molar-refractivity contribution >= 4 is 71.6 Å². The van der Waals surface area contributed by atoms with Crippen molar-refractivity contribution in [2.24, 2.45) is 0 Å². The van der Waals surface area contributed by atoms with Gasteiger partial charge in [0.15, 0.2) is 0 Å². The number of aromatic nitrogens is 1.